The van der Waals surface area contributed by atoms with Crippen LogP contribution in [-0.2, 0) is 20.7 Å². The summed E-state index contributed by atoms with van der Waals surface area (Å²) in [7, 11) is 1.60. The molecule has 2 amide bonds. The Morgan fingerprint density at radius 2 is 1.37 bits per heavy atom. The van der Waals surface area contributed by atoms with Crippen LogP contribution in [0.15, 0.2) is 84.9 Å². The molecule has 0 aliphatic heterocycles. The van der Waals surface area contributed by atoms with Gasteiger partial charge in [-0.1, -0.05) is 84.9 Å². The number of hydrogen-bond donors (Lipinski definition) is 2. The van der Waals surface area contributed by atoms with Crippen molar-refractivity contribution in [1.29, 1.82) is 0 Å². The Balaban J connectivity index is 1.82. The van der Waals surface area contributed by atoms with Crippen LogP contribution in [0.1, 0.15) is 37.9 Å². The molecule has 0 spiro atoms. The Bertz CT molecular complexity index is 1080. The summed E-state index contributed by atoms with van der Waals surface area (Å²) < 4.78 is 10.8. The smallest absolute Gasteiger partial charge is 0.408 e. The maximum Gasteiger partial charge on any atom is 0.408 e. The number of rotatable bonds is 9. The van der Waals surface area contributed by atoms with Crippen molar-refractivity contribution in [3.05, 3.63) is 96.1 Å². The molecule has 0 saturated carbocycles. The van der Waals surface area contributed by atoms with E-state index >= 15 is 0 Å². The first-order chi connectivity index (χ1) is 16.7. The fourth-order valence-electron chi connectivity index (χ4n) is 3.76. The molecule has 6 heteroatoms. The van der Waals surface area contributed by atoms with E-state index in [0.29, 0.717) is 18.6 Å². The van der Waals surface area contributed by atoms with E-state index in [2.05, 4.69) is 10.6 Å². The molecule has 2 atom stereocenters. The van der Waals surface area contributed by atoms with Crippen molar-refractivity contribution < 1.29 is 19.1 Å². The molecule has 3 rings (SSSR count). The molecule has 0 heterocycles. The van der Waals surface area contributed by atoms with E-state index in [1.54, 1.807) is 27.9 Å². The van der Waals surface area contributed by atoms with Crippen molar-refractivity contribution in [3.63, 3.8) is 0 Å². The fourth-order valence-corrected chi connectivity index (χ4v) is 3.76. The molecule has 0 fully saturated rings. The number of ether oxygens (including phenoxy) is 2. The van der Waals surface area contributed by atoms with Gasteiger partial charge in [-0.3, -0.25) is 4.79 Å². The number of carbonyl (C=O) groups excluding carboxylic acids is 2. The zero-order chi connectivity index (χ0) is 25.3. The molecular formula is C29H34N2O4. The molecule has 6 nitrogen and oxygen atoms in total. The summed E-state index contributed by atoms with van der Waals surface area (Å²) >= 11 is 0. The van der Waals surface area contributed by atoms with Gasteiger partial charge < -0.3 is 20.1 Å². The molecule has 0 aromatic heterocycles. The van der Waals surface area contributed by atoms with Crippen LogP contribution in [0.5, 0.6) is 0 Å². The van der Waals surface area contributed by atoms with E-state index in [9.17, 15) is 9.59 Å². The molecule has 0 aliphatic rings. The largest absolute Gasteiger partial charge is 0.444 e. The zero-order valence-electron chi connectivity index (χ0n) is 20.8. The van der Waals surface area contributed by atoms with Crippen molar-refractivity contribution in [2.24, 2.45) is 0 Å². The summed E-state index contributed by atoms with van der Waals surface area (Å²) in [5.41, 5.74) is 3.15. The average molecular weight is 475 g/mol. The van der Waals surface area contributed by atoms with Gasteiger partial charge >= 0.3 is 6.09 Å². The first-order valence-electron chi connectivity index (χ1n) is 11.7. The second-order valence-electron chi connectivity index (χ2n) is 9.42. The number of carbonyl (C=O) groups is 2. The van der Waals surface area contributed by atoms with E-state index in [1.807, 2.05) is 84.9 Å². The van der Waals surface area contributed by atoms with Gasteiger partial charge in [-0.2, -0.15) is 0 Å². The molecule has 35 heavy (non-hydrogen) atoms. The Morgan fingerprint density at radius 1 is 0.800 bits per heavy atom. The van der Waals surface area contributed by atoms with Gasteiger partial charge in [0.15, 0.2) is 0 Å². The predicted molar refractivity (Wildman–Crippen MR) is 138 cm³/mol. The summed E-state index contributed by atoms with van der Waals surface area (Å²) in [5.74, 6) is -0.332. The van der Waals surface area contributed by atoms with E-state index in [4.69, 9.17) is 9.47 Å². The fraction of sp³-hybridized carbons (Fsp3) is 0.310. The molecule has 184 valence electrons. The minimum absolute atomic E-state index is 0.263. The van der Waals surface area contributed by atoms with Gasteiger partial charge in [-0.25, -0.2) is 4.79 Å². The van der Waals surface area contributed by atoms with E-state index < -0.39 is 17.7 Å². The number of hydrogen-bond acceptors (Lipinski definition) is 4. The molecule has 3 aromatic carbocycles. The quantitative estimate of drug-likeness (QED) is 0.442. The zero-order valence-corrected chi connectivity index (χ0v) is 20.8. The van der Waals surface area contributed by atoms with Crippen LogP contribution in [0.25, 0.3) is 11.1 Å². The molecule has 1 unspecified atom stereocenters. The Labute approximate surface area is 207 Å². The molecule has 2 N–H and O–H groups in total. The first kappa shape index (κ1) is 26.0. The Hall–Kier alpha value is -3.64. The Kier molecular flexibility index (Phi) is 9.04. The topological polar surface area (TPSA) is 76.7 Å². The van der Waals surface area contributed by atoms with Crippen LogP contribution >= 0.6 is 0 Å². The predicted octanol–water partition coefficient (Wildman–Crippen LogP) is 5.29. The SMILES string of the molecule is COC[C@H](Cc1ccccc1)NC(=O)C(NC(=O)OC(C)(C)C)c1ccc(-c2ccccc2)cc1. The second-order valence-corrected chi connectivity index (χ2v) is 9.42. The molecule has 0 bridgehead atoms. The second kappa shape index (κ2) is 12.2. The number of nitrogens with one attached hydrogen (secondary N) is 2. The standard InChI is InChI=1S/C29H34N2O4/c1-29(2,3)35-28(33)31-26(24-17-15-23(16-18-24)22-13-9-6-10-14-22)27(32)30-25(20-34-4)19-21-11-7-5-8-12-21/h5-18,25-26H,19-20H2,1-4H3,(H,30,32)(H,31,33)/t25-,26?/m0/s1. The van der Waals surface area contributed by atoms with Crippen molar-refractivity contribution in [3.8, 4) is 11.1 Å². The average Bonchev–Trinajstić information content (AvgIpc) is 2.83. The van der Waals surface area contributed by atoms with Crippen molar-refractivity contribution in [2.75, 3.05) is 13.7 Å². The van der Waals surface area contributed by atoms with Crippen molar-refractivity contribution in [2.45, 2.75) is 44.9 Å². The summed E-state index contributed by atoms with van der Waals surface area (Å²) in [5, 5.41) is 5.79. The van der Waals surface area contributed by atoms with Gasteiger partial charge in [-0.05, 0) is 49.4 Å². The highest BCUT2D eigenvalue weighted by Gasteiger charge is 2.27. The lowest BCUT2D eigenvalue weighted by Gasteiger charge is -2.26. The van der Waals surface area contributed by atoms with Crippen LogP contribution in [0, 0.1) is 0 Å². The number of alkyl carbamates (subject to hydrolysis) is 1. The lowest BCUT2D eigenvalue weighted by Crippen LogP contribution is -2.47. The van der Waals surface area contributed by atoms with Gasteiger partial charge in [0.2, 0.25) is 5.91 Å². The maximum atomic E-state index is 13.4. The van der Waals surface area contributed by atoms with Crippen LogP contribution in [0.4, 0.5) is 4.79 Å². The normalized spacial score (nSPS) is 12.9. The summed E-state index contributed by atoms with van der Waals surface area (Å²) in [6.45, 7) is 5.69. The molecule has 0 radical (unpaired) electrons. The van der Waals surface area contributed by atoms with Crippen LogP contribution in [0.2, 0.25) is 0 Å². The van der Waals surface area contributed by atoms with E-state index in [0.717, 1.165) is 16.7 Å². The molecule has 0 saturated heterocycles. The van der Waals surface area contributed by atoms with Crippen LogP contribution in [-0.4, -0.2) is 37.4 Å². The van der Waals surface area contributed by atoms with Crippen LogP contribution < -0.4 is 10.6 Å². The summed E-state index contributed by atoms with van der Waals surface area (Å²) in [6, 6.07) is 26.3. The van der Waals surface area contributed by atoms with Gasteiger partial charge in [0.1, 0.15) is 11.6 Å². The summed E-state index contributed by atoms with van der Waals surface area (Å²) in [4.78, 5) is 26.0. The first-order valence-corrected chi connectivity index (χ1v) is 11.7. The van der Waals surface area contributed by atoms with Gasteiger partial charge in [-0.15, -0.1) is 0 Å². The van der Waals surface area contributed by atoms with Gasteiger partial charge in [0.25, 0.3) is 0 Å². The van der Waals surface area contributed by atoms with E-state index in [-0.39, 0.29) is 11.9 Å². The third-order valence-corrected chi connectivity index (χ3v) is 5.31. The minimum Gasteiger partial charge on any atom is -0.444 e. The van der Waals surface area contributed by atoms with E-state index in [1.165, 1.54) is 0 Å². The Morgan fingerprint density at radius 3 is 1.94 bits per heavy atom. The third-order valence-electron chi connectivity index (χ3n) is 5.31. The highest BCUT2D eigenvalue weighted by atomic mass is 16.6. The van der Waals surface area contributed by atoms with Crippen molar-refractivity contribution >= 4 is 12.0 Å². The highest BCUT2D eigenvalue weighted by molar-refractivity contribution is 5.87. The monoisotopic (exact) mass is 474 g/mol. The van der Waals surface area contributed by atoms with Gasteiger partial charge in [0.05, 0.1) is 12.6 Å². The maximum absolute atomic E-state index is 13.4. The summed E-state index contributed by atoms with van der Waals surface area (Å²) in [6.07, 6.45) is -0.0527. The molecular weight excluding hydrogens is 440 g/mol. The lowest BCUT2D eigenvalue weighted by atomic mass is 9.99. The molecule has 0 aliphatic carbocycles. The van der Waals surface area contributed by atoms with Gasteiger partial charge in [0, 0.05) is 7.11 Å². The number of methoxy groups -OCH3 is 1. The number of benzene rings is 3. The number of amides is 2. The lowest BCUT2D eigenvalue weighted by molar-refractivity contribution is -0.124. The van der Waals surface area contributed by atoms with Crippen molar-refractivity contribution in [1.82, 2.24) is 10.6 Å². The van der Waals surface area contributed by atoms with Crippen LogP contribution in [0.3, 0.4) is 0 Å². The molecule has 3 aromatic rings. The third kappa shape index (κ3) is 8.26. The minimum atomic E-state index is -0.926. The highest BCUT2D eigenvalue weighted by Crippen LogP contribution is 2.23.